The van der Waals surface area contributed by atoms with Crippen LogP contribution >= 0.6 is 0 Å². The molecule has 0 heterocycles. The summed E-state index contributed by atoms with van der Waals surface area (Å²) in [6.07, 6.45) is 0. The van der Waals surface area contributed by atoms with Crippen molar-refractivity contribution in [3.05, 3.63) is 59.4 Å². The highest BCUT2D eigenvalue weighted by atomic mass is 19.1. The highest BCUT2D eigenvalue weighted by Gasteiger charge is 2.12. The van der Waals surface area contributed by atoms with Crippen molar-refractivity contribution in [2.45, 2.75) is 6.92 Å². The number of rotatable bonds is 5. The number of nitrogens with one attached hydrogen (secondary N) is 2. The van der Waals surface area contributed by atoms with Gasteiger partial charge >= 0.3 is 12.0 Å². The van der Waals surface area contributed by atoms with Crippen LogP contribution in [0.2, 0.25) is 0 Å². The maximum absolute atomic E-state index is 13.6. The number of hydrogen-bond acceptors (Lipinski definition) is 4. The number of carbonyl (C=O) groups excluding carboxylic acids is 3. The van der Waals surface area contributed by atoms with Gasteiger partial charge in [0, 0.05) is 5.69 Å². The lowest BCUT2D eigenvalue weighted by Crippen LogP contribution is -2.21. The largest absolute Gasteiger partial charge is 0.452 e. The van der Waals surface area contributed by atoms with Crippen molar-refractivity contribution < 1.29 is 23.5 Å². The Bertz CT molecular complexity index is 806. The Kier molecular flexibility index (Phi) is 5.67. The maximum Gasteiger partial charge on any atom is 0.338 e. The standard InChI is InChI=1S/C17H16FN3O4/c1-10-2-7-14(13(18)8-10)21-15(22)9-25-16(23)11-3-5-12(6-4-11)20-17(19)24/h2-8H,9H2,1H3,(H,21,22)(H3,19,20,24). The fourth-order valence-corrected chi connectivity index (χ4v) is 1.95. The highest BCUT2D eigenvalue weighted by Crippen LogP contribution is 2.15. The Morgan fingerprint density at radius 3 is 2.36 bits per heavy atom. The van der Waals surface area contributed by atoms with Crippen LogP contribution in [0.15, 0.2) is 42.5 Å². The summed E-state index contributed by atoms with van der Waals surface area (Å²) >= 11 is 0. The van der Waals surface area contributed by atoms with Gasteiger partial charge in [-0.05, 0) is 48.9 Å². The van der Waals surface area contributed by atoms with Gasteiger partial charge in [0.1, 0.15) is 5.82 Å². The van der Waals surface area contributed by atoms with Crippen molar-refractivity contribution in [1.29, 1.82) is 0 Å². The molecule has 0 radical (unpaired) electrons. The van der Waals surface area contributed by atoms with E-state index < -0.39 is 30.3 Å². The summed E-state index contributed by atoms with van der Waals surface area (Å²) in [7, 11) is 0. The molecule has 0 aliphatic rings. The molecule has 0 aliphatic heterocycles. The van der Waals surface area contributed by atoms with Gasteiger partial charge < -0.3 is 21.1 Å². The third-order valence-corrected chi connectivity index (χ3v) is 3.12. The number of nitrogens with two attached hydrogens (primary N) is 1. The van der Waals surface area contributed by atoms with Gasteiger partial charge in [0.2, 0.25) is 0 Å². The summed E-state index contributed by atoms with van der Waals surface area (Å²) in [5.41, 5.74) is 6.30. The van der Waals surface area contributed by atoms with Crippen LogP contribution in [0.25, 0.3) is 0 Å². The Morgan fingerprint density at radius 2 is 1.76 bits per heavy atom. The van der Waals surface area contributed by atoms with Gasteiger partial charge in [0.25, 0.3) is 5.91 Å². The van der Waals surface area contributed by atoms with Gasteiger partial charge in [-0.15, -0.1) is 0 Å². The van der Waals surface area contributed by atoms with Crippen molar-refractivity contribution in [3.8, 4) is 0 Å². The zero-order valence-corrected chi connectivity index (χ0v) is 13.3. The zero-order valence-electron chi connectivity index (χ0n) is 13.3. The highest BCUT2D eigenvalue weighted by molar-refractivity contribution is 5.96. The van der Waals surface area contributed by atoms with Crippen LogP contribution in [0.1, 0.15) is 15.9 Å². The molecule has 0 bridgehead atoms. The SMILES string of the molecule is Cc1ccc(NC(=O)COC(=O)c2ccc(NC(N)=O)cc2)c(F)c1. The molecular formula is C17H16FN3O4. The van der Waals surface area contributed by atoms with Gasteiger partial charge in [0.05, 0.1) is 11.3 Å². The molecule has 130 valence electrons. The van der Waals surface area contributed by atoms with Crippen LogP contribution in [0.5, 0.6) is 0 Å². The van der Waals surface area contributed by atoms with Crippen LogP contribution < -0.4 is 16.4 Å². The summed E-state index contributed by atoms with van der Waals surface area (Å²) in [5.74, 6) is -1.97. The van der Waals surface area contributed by atoms with Crippen LogP contribution in [-0.4, -0.2) is 24.5 Å². The van der Waals surface area contributed by atoms with Crippen molar-refractivity contribution in [2.24, 2.45) is 5.73 Å². The van der Waals surface area contributed by atoms with Gasteiger partial charge in [-0.3, -0.25) is 4.79 Å². The van der Waals surface area contributed by atoms with Crippen LogP contribution in [0.4, 0.5) is 20.6 Å². The van der Waals surface area contributed by atoms with Gasteiger partial charge in [-0.1, -0.05) is 6.07 Å². The van der Waals surface area contributed by atoms with Gasteiger partial charge in [-0.2, -0.15) is 0 Å². The molecule has 0 saturated heterocycles. The minimum absolute atomic E-state index is 0.00790. The Morgan fingerprint density at radius 1 is 1.08 bits per heavy atom. The van der Waals surface area contributed by atoms with Crippen LogP contribution in [0, 0.1) is 12.7 Å². The van der Waals surface area contributed by atoms with E-state index >= 15 is 0 Å². The number of halogens is 1. The molecule has 2 aromatic carbocycles. The molecule has 0 aliphatic carbocycles. The zero-order chi connectivity index (χ0) is 18.4. The molecule has 4 N–H and O–H groups in total. The average molecular weight is 345 g/mol. The summed E-state index contributed by atoms with van der Waals surface area (Å²) < 4.78 is 18.5. The Hall–Kier alpha value is -3.42. The first-order valence-electron chi connectivity index (χ1n) is 7.25. The predicted molar refractivity (Wildman–Crippen MR) is 89.7 cm³/mol. The summed E-state index contributed by atoms with van der Waals surface area (Å²) in [6, 6.07) is 9.36. The van der Waals surface area contributed by atoms with E-state index in [1.54, 1.807) is 13.0 Å². The van der Waals surface area contributed by atoms with E-state index in [0.717, 1.165) is 5.56 Å². The molecule has 0 aromatic heterocycles. The average Bonchev–Trinajstić information content (AvgIpc) is 2.55. The molecular weight excluding hydrogens is 329 g/mol. The molecule has 0 spiro atoms. The molecule has 7 nitrogen and oxygen atoms in total. The summed E-state index contributed by atoms with van der Waals surface area (Å²) in [4.78, 5) is 34.3. The van der Waals surface area contributed by atoms with E-state index in [0.29, 0.717) is 5.69 Å². The maximum atomic E-state index is 13.6. The number of urea groups is 1. The lowest BCUT2D eigenvalue weighted by molar-refractivity contribution is -0.119. The Labute approximate surface area is 143 Å². The van der Waals surface area contributed by atoms with E-state index in [1.165, 1.54) is 36.4 Å². The molecule has 0 fully saturated rings. The van der Waals surface area contributed by atoms with Crippen LogP contribution in [0.3, 0.4) is 0 Å². The van der Waals surface area contributed by atoms with Crippen molar-refractivity contribution in [1.82, 2.24) is 0 Å². The number of esters is 1. The lowest BCUT2D eigenvalue weighted by Gasteiger charge is -2.08. The van der Waals surface area contributed by atoms with Gasteiger partial charge in [-0.25, -0.2) is 14.0 Å². The third-order valence-electron chi connectivity index (χ3n) is 3.12. The first kappa shape index (κ1) is 17.9. The van der Waals surface area contributed by atoms with E-state index in [9.17, 15) is 18.8 Å². The molecule has 3 amide bonds. The van der Waals surface area contributed by atoms with E-state index in [-0.39, 0.29) is 11.3 Å². The molecule has 0 atom stereocenters. The van der Waals surface area contributed by atoms with Crippen molar-refractivity contribution in [2.75, 3.05) is 17.2 Å². The normalized spacial score (nSPS) is 10.0. The first-order chi connectivity index (χ1) is 11.8. The molecule has 8 heteroatoms. The summed E-state index contributed by atoms with van der Waals surface area (Å²) in [6.45, 7) is 1.16. The molecule has 2 aromatic rings. The first-order valence-corrected chi connectivity index (χ1v) is 7.25. The number of benzene rings is 2. The number of amides is 3. The van der Waals surface area contributed by atoms with E-state index in [2.05, 4.69) is 10.6 Å². The lowest BCUT2D eigenvalue weighted by atomic mass is 10.2. The molecule has 25 heavy (non-hydrogen) atoms. The molecule has 0 saturated carbocycles. The topological polar surface area (TPSA) is 111 Å². The van der Waals surface area contributed by atoms with Crippen molar-refractivity contribution in [3.63, 3.8) is 0 Å². The van der Waals surface area contributed by atoms with E-state index in [1.807, 2.05) is 0 Å². The second-order valence-corrected chi connectivity index (χ2v) is 5.17. The smallest absolute Gasteiger partial charge is 0.338 e. The second-order valence-electron chi connectivity index (χ2n) is 5.17. The number of anilines is 2. The minimum atomic E-state index is -0.731. The Balaban J connectivity index is 1.88. The number of aryl methyl sites for hydroxylation is 1. The van der Waals surface area contributed by atoms with E-state index in [4.69, 9.17) is 10.5 Å². The predicted octanol–water partition coefficient (Wildman–Crippen LogP) is 2.42. The van der Waals surface area contributed by atoms with Gasteiger partial charge in [0.15, 0.2) is 6.61 Å². The fraction of sp³-hybridized carbons (Fsp3) is 0.118. The quantitative estimate of drug-likeness (QED) is 0.723. The second kappa shape index (κ2) is 7.91. The molecule has 0 unspecified atom stereocenters. The fourth-order valence-electron chi connectivity index (χ4n) is 1.95. The number of hydrogen-bond donors (Lipinski definition) is 3. The minimum Gasteiger partial charge on any atom is -0.452 e. The monoisotopic (exact) mass is 345 g/mol. The number of carbonyl (C=O) groups is 3. The number of primary amides is 1. The third kappa shape index (κ3) is 5.31. The van der Waals surface area contributed by atoms with Crippen molar-refractivity contribution >= 4 is 29.3 Å². The summed E-state index contributed by atoms with van der Waals surface area (Å²) in [5, 5.41) is 4.67. The molecule has 2 rings (SSSR count). The van der Waals surface area contributed by atoms with Crippen LogP contribution in [-0.2, 0) is 9.53 Å². The number of ether oxygens (including phenoxy) is 1.